The molecule has 0 bridgehead atoms. The summed E-state index contributed by atoms with van der Waals surface area (Å²) in [6, 6.07) is 19.5. The monoisotopic (exact) mass is 592 g/mol. The number of aromatic nitrogens is 1. The Kier molecular flexibility index (Phi) is 6.31. The first-order valence-corrected chi connectivity index (χ1v) is 13.8. The fraction of sp³-hybridized carbons (Fsp3) is 0.172. The number of thiazole rings is 1. The third-order valence-electron chi connectivity index (χ3n) is 6.86. The van der Waals surface area contributed by atoms with Crippen molar-refractivity contribution in [1.29, 1.82) is 0 Å². The zero-order valence-electron chi connectivity index (χ0n) is 20.1. The van der Waals surface area contributed by atoms with Crippen LogP contribution in [0.5, 0.6) is 11.5 Å². The number of rotatable bonds is 4. The third-order valence-corrected chi connectivity index (χ3v) is 8.81. The molecule has 186 valence electrons. The summed E-state index contributed by atoms with van der Waals surface area (Å²) in [6.07, 6.45) is 3.56. The number of nitrogens with zero attached hydrogens (tertiary/aromatic N) is 2. The molecule has 2 heterocycles. The second-order valence-electron chi connectivity index (χ2n) is 8.86. The normalized spacial score (nSPS) is 16.5. The lowest BCUT2D eigenvalue weighted by Crippen LogP contribution is -2.38. The molecule has 6 rings (SSSR count). The molecule has 2 aliphatic rings. The molecule has 0 saturated heterocycles. The van der Waals surface area contributed by atoms with E-state index in [0.29, 0.717) is 25.9 Å². The molecule has 4 aromatic rings. The minimum atomic E-state index is -0.319. The van der Waals surface area contributed by atoms with Gasteiger partial charge in [0.05, 0.1) is 35.0 Å². The maximum absolute atomic E-state index is 14.0. The van der Waals surface area contributed by atoms with E-state index in [0.717, 1.165) is 45.3 Å². The van der Waals surface area contributed by atoms with Crippen molar-refractivity contribution in [2.45, 2.75) is 18.9 Å². The van der Waals surface area contributed by atoms with Gasteiger partial charge in [0.15, 0.2) is 4.80 Å². The quantitative estimate of drug-likeness (QED) is 0.303. The van der Waals surface area contributed by atoms with Gasteiger partial charge in [-0.1, -0.05) is 65.4 Å². The first-order valence-electron chi connectivity index (χ1n) is 11.8. The molecule has 1 aromatic heterocycles. The van der Waals surface area contributed by atoms with Crippen molar-refractivity contribution < 1.29 is 9.47 Å². The molecule has 3 aromatic carbocycles. The number of allylic oxidation sites excluding steroid dienone is 1. The predicted molar refractivity (Wildman–Crippen MR) is 151 cm³/mol. The van der Waals surface area contributed by atoms with Crippen LogP contribution in [-0.2, 0) is 6.42 Å². The lowest BCUT2D eigenvalue weighted by molar-refractivity contribution is 0.392. The number of benzene rings is 3. The number of fused-ring (bicyclic) bond motifs is 3. The first-order chi connectivity index (χ1) is 18.0. The topological polar surface area (TPSA) is 52.8 Å². The minimum Gasteiger partial charge on any atom is -0.496 e. The van der Waals surface area contributed by atoms with Crippen molar-refractivity contribution >= 4 is 50.6 Å². The van der Waals surface area contributed by atoms with Gasteiger partial charge >= 0.3 is 0 Å². The predicted octanol–water partition coefficient (Wildman–Crippen LogP) is 5.75. The first kappa shape index (κ1) is 24.2. The average Bonchev–Trinajstić information content (AvgIpc) is 3.22. The second-order valence-corrected chi connectivity index (χ2v) is 11.1. The van der Waals surface area contributed by atoms with E-state index < -0.39 is 0 Å². The largest absolute Gasteiger partial charge is 0.496 e. The standard InChI is InChI=1S/C29H22BrClN2O3S/c1-35-23-15-24(36-2)21(30)13-17(23)14-25-28(34)33-27(19-9-5-6-10-22(19)31)20-12-11-16-7-3-4-8-18(16)26(20)32-29(33)37-25/h3-10,13-15,27H,11-12H2,1-2H3. The lowest BCUT2D eigenvalue weighted by atomic mass is 9.83. The van der Waals surface area contributed by atoms with Crippen LogP contribution in [0.3, 0.4) is 0 Å². The van der Waals surface area contributed by atoms with E-state index in [4.69, 9.17) is 26.1 Å². The van der Waals surface area contributed by atoms with Crippen LogP contribution in [0.25, 0.3) is 11.8 Å². The van der Waals surface area contributed by atoms with Crippen LogP contribution >= 0.6 is 38.9 Å². The summed E-state index contributed by atoms with van der Waals surface area (Å²) < 4.78 is 14.1. The molecule has 1 unspecified atom stereocenters. The molecular weight excluding hydrogens is 572 g/mol. The van der Waals surface area contributed by atoms with Gasteiger partial charge in [0, 0.05) is 22.2 Å². The molecule has 0 radical (unpaired) electrons. The second kappa shape index (κ2) is 9.63. The zero-order valence-corrected chi connectivity index (χ0v) is 23.3. The zero-order chi connectivity index (χ0) is 25.7. The highest BCUT2D eigenvalue weighted by Crippen LogP contribution is 2.42. The van der Waals surface area contributed by atoms with Crippen LogP contribution in [0.15, 0.2) is 80.5 Å². The van der Waals surface area contributed by atoms with Crippen molar-refractivity contribution in [3.63, 3.8) is 0 Å². The smallest absolute Gasteiger partial charge is 0.271 e. The van der Waals surface area contributed by atoms with Gasteiger partial charge in [0.1, 0.15) is 11.5 Å². The Morgan fingerprint density at radius 2 is 1.81 bits per heavy atom. The van der Waals surface area contributed by atoms with E-state index in [-0.39, 0.29) is 11.6 Å². The Hall–Kier alpha value is -3.13. The van der Waals surface area contributed by atoms with Gasteiger partial charge in [-0.05, 0) is 63.7 Å². The number of methoxy groups -OCH3 is 2. The highest BCUT2D eigenvalue weighted by Gasteiger charge is 2.33. The van der Waals surface area contributed by atoms with E-state index in [1.807, 2.05) is 42.5 Å². The highest BCUT2D eigenvalue weighted by molar-refractivity contribution is 9.10. The Morgan fingerprint density at radius 1 is 1.05 bits per heavy atom. The van der Waals surface area contributed by atoms with Gasteiger partial charge in [-0.3, -0.25) is 9.36 Å². The number of aryl methyl sites for hydroxylation is 1. The van der Waals surface area contributed by atoms with Crippen LogP contribution in [0.1, 0.15) is 34.7 Å². The van der Waals surface area contributed by atoms with Gasteiger partial charge in [-0.25, -0.2) is 4.99 Å². The van der Waals surface area contributed by atoms with E-state index >= 15 is 0 Å². The highest BCUT2D eigenvalue weighted by atomic mass is 79.9. The Morgan fingerprint density at radius 3 is 2.59 bits per heavy atom. The molecule has 0 fully saturated rings. The number of ether oxygens (including phenoxy) is 2. The van der Waals surface area contributed by atoms with Crippen LogP contribution in [0.4, 0.5) is 0 Å². The SMILES string of the molecule is COc1cc(OC)c(C=c2sc3n(c2=O)C(c2ccccc2Cl)C2=C(N=3)c3ccccc3CC2)cc1Br. The minimum absolute atomic E-state index is 0.104. The van der Waals surface area contributed by atoms with E-state index in [1.165, 1.54) is 16.9 Å². The Bertz CT molecular complexity index is 1770. The van der Waals surface area contributed by atoms with Crippen molar-refractivity contribution in [2.24, 2.45) is 4.99 Å². The molecule has 1 atom stereocenters. The number of hydrogen-bond donors (Lipinski definition) is 0. The molecule has 0 saturated carbocycles. The average molecular weight is 594 g/mol. The fourth-order valence-electron chi connectivity index (χ4n) is 5.13. The Balaban J connectivity index is 1.63. The summed E-state index contributed by atoms with van der Waals surface area (Å²) in [7, 11) is 3.20. The summed E-state index contributed by atoms with van der Waals surface area (Å²) in [6.45, 7) is 0. The van der Waals surface area contributed by atoms with Gasteiger partial charge in [-0.15, -0.1) is 0 Å². The summed E-state index contributed by atoms with van der Waals surface area (Å²) >= 11 is 11.6. The van der Waals surface area contributed by atoms with Crippen LogP contribution in [0, 0.1) is 0 Å². The molecule has 8 heteroatoms. The van der Waals surface area contributed by atoms with Gasteiger partial charge in [0.2, 0.25) is 0 Å². The lowest BCUT2D eigenvalue weighted by Gasteiger charge is -2.31. The van der Waals surface area contributed by atoms with Gasteiger partial charge < -0.3 is 9.47 Å². The van der Waals surface area contributed by atoms with Crippen LogP contribution in [0.2, 0.25) is 5.02 Å². The molecule has 0 spiro atoms. The van der Waals surface area contributed by atoms with Crippen LogP contribution in [-0.4, -0.2) is 18.8 Å². The summed E-state index contributed by atoms with van der Waals surface area (Å²) in [4.78, 5) is 19.7. The van der Waals surface area contributed by atoms with E-state index in [1.54, 1.807) is 24.9 Å². The number of halogens is 2. The summed E-state index contributed by atoms with van der Waals surface area (Å²) in [5.74, 6) is 1.27. The fourth-order valence-corrected chi connectivity index (χ4v) is 6.89. The Labute approximate surface area is 231 Å². The molecule has 0 amide bonds. The van der Waals surface area contributed by atoms with Crippen molar-refractivity contribution in [3.8, 4) is 11.5 Å². The molecule has 1 aliphatic carbocycles. The molecule has 5 nitrogen and oxygen atoms in total. The van der Waals surface area contributed by atoms with Gasteiger partial charge in [-0.2, -0.15) is 0 Å². The number of hydrogen-bond acceptors (Lipinski definition) is 5. The molecule has 1 aliphatic heterocycles. The summed E-state index contributed by atoms with van der Waals surface area (Å²) in [5, 5.41) is 0.635. The van der Waals surface area contributed by atoms with Crippen molar-refractivity contribution in [3.05, 3.63) is 118 Å². The third kappa shape index (κ3) is 4.06. The maximum atomic E-state index is 14.0. The van der Waals surface area contributed by atoms with E-state index in [2.05, 4.69) is 34.1 Å². The van der Waals surface area contributed by atoms with Crippen molar-refractivity contribution in [1.82, 2.24) is 4.57 Å². The molecule has 0 N–H and O–H groups in total. The van der Waals surface area contributed by atoms with Gasteiger partial charge in [0.25, 0.3) is 5.56 Å². The van der Waals surface area contributed by atoms with Crippen LogP contribution < -0.4 is 24.4 Å². The maximum Gasteiger partial charge on any atom is 0.271 e. The molecule has 37 heavy (non-hydrogen) atoms. The van der Waals surface area contributed by atoms with Crippen molar-refractivity contribution in [2.75, 3.05) is 14.2 Å². The summed E-state index contributed by atoms with van der Waals surface area (Å²) in [5.41, 5.74) is 6.04. The van der Waals surface area contributed by atoms with E-state index in [9.17, 15) is 4.79 Å². The molecular formula is C29H22BrClN2O3S.